The van der Waals surface area contributed by atoms with E-state index in [1.54, 1.807) is 7.05 Å². The fourth-order valence-electron chi connectivity index (χ4n) is 2.96. The third-order valence-electron chi connectivity index (χ3n) is 4.20. The van der Waals surface area contributed by atoms with Gasteiger partial charge < -0.3 is 15.5 Å². The first-order valence-electron chi connectivity index (χ1n) is 9.10. The molecule has 3 N–H and O–H groups in total. The summed E-state index contributed by atoms with van der Waals surface area (Å²) >= 11 is 6.10. The topological polar surface area (TPSA) is 106 Å². The van der Waals surface area contributed by atoms with E-state index in [0.29, 0.717) is 4.90 Å². The normalized spacial score (nSPS) is 12.9. The molecule has 2 atom stereocenters. The number of nitrogens with one attached hydrogen (secondary N) is 3. The molecule has 1 unspecified atom stereocenters. The van der Waals surface area contributed by atoms with Gasteiger partial charge in [-0.2, -0.15) is 0 Å². The maximum absolute atomic E-state index is 13.1. The van der Waals surface area contributed by atoms with Crippen LogP contribution >= 0.6 is 11.6 Å². The predicted octanol–water partition coefficient (Wildman–Crippen LogP) is 1.97. The van der Waals surface area contributed by atoms with Crippen molar-refractivity contribution in [1.29, 1.82) is 0 Å². The van der Waals surface area contributed by atoms with Crippen molar-refractivity contribution in [2.24, 2.45) is 0 Å². The molecule has 0 aliphatic carbocycles. The van der Waals surface area contributed by atoms with E-state index in [9.17, 15) is 19.7 Å². The summed E-state index contributed by atoms with van der Waals surface area (Å²) in [5.41, 5.74) is 0.834. The molecule has 9 heteroatoms. The Labute approximate surface area is 174 Å². The highest BCUT2D eigenvalue weighted by molar-refractivity contribution is 6.34. The summed E-state index contributed by atoms with van der Waals surface area (Å²) in [6.45, 7) is 3.83. The quantitative estimate of drug-likeness (QED) is 0.449. The summed E-state index contributed by atoms with van der Waals surface area (Å²) in [4.78, 5) is 36.2. The van der Waals surface area contributed by atoms with Gasteiger partial charge in [0.05, 0.1) is 22.7 Å². The first-order chi connectivity index (χ1) is 13.7. The van der Waals surface area contributed by atoms with Crippen molar-refractivity contribution in [2.75, 3.05) is 18.9 Å². The average molecular weight is 420 g/mol. The number of halogens is 1. The number of nitrogens with zero attached hydrogens (tertiary/aromatic N) is 1. The molecule has 0 fully saturated rings. The number of carbonyl (C=O) groups is 2. The Hall–Kier alpha value is -2.97. The second kappa shape index (κ2) is 9.99. The van der Waals surface area contributed by atoms with Crippen molar-refractivity contribution in [1.82, 2.24) is 5.32 Å². The molecule has 0 spiro atoms. The lowest BCUT2D eigenvalue weighted by molar-refractivity contribution is -0.894. The Morgan fingerprint density at radius 1 is 1.17 bits per heavy atom. The van der Waals surface area contributed by atoms with Gasteiger partial charge in [-0.15, -0.1) is 0 Å². The zero-order chi connectivity index (χ0) is 21.6. The largest absolute Gasteiger partial charge is 0.349 e. The molecular formula is C20H24ClN4O4+. The molecule has 0 aliphatic rings. The lowest BCUT2D eigenvalue weighted by Crippen LogP contribution is -3.11. The van der Waals surface area contributed by atoms with E-state index in [1.165, 1.54) is 18.2 Å². The van der Waals surface area contributed by atoms with Gasteiger partial charge in [0.2, 0.25) is 0 Å². The van der Waals surface area contributed by atoms with Crippen LogP contribution in [0.25, 0.3) is 0 Å². The van der Waals surface area contributed by atoms with Crippen LogP contribution in [-0.4, -0.2) is 36.4 Å². The zero-order valence-electron chi connectivity index (χ0n) is 16.4. The smallest absolute Gasteiger partial charge is 0.287 e. The monoisotopic (exact) mass is 419 g/mol. The maximum atomic E-state index is 13.1. The van der Waals surface area contributed by atoms with E-state index < -0.39 is 11.0 Å². The molecule has 0 saturated heterocycles. The third kappa shape index (κ3) is 6.27. The minimum atomic E-state index is -0.680. The molecule has 2 rings (SSSR count). The van der Waals surface area contributed by atoms with Gasteiger partial charge in [0.15, 0.2) is 12.6 Å². The number of benzene rings is 2. The lowest BCUT2D eigenvalue weighted by Gasteiger charge is -2.24. The van der Waals surface area contributed by atoms with E-state index in [0.717, 1.165) is 5.56 Å². The van der Waals surface area contributed by atoms with Crippen LogP contribution in [-0.2, 0) is 9.59 Å². The number of nitro benzene ring substituents is 1. The van der Waals surface area contributed by atoms with Crippen molar-refractivity contribution in [3.05, 3.63) is 69.2 Å². The Morgan fingerprint density at radius 3 is 2.38 bits per heavy atom. The number of nitro groups is 1. The fraction of sp³-hybridized carbons (Fsp3) is 0.300. The van der Waals surface area contributed by atoms with Crippen LogP contribution in [0.2, 0.25) is 5.02 Å². The SMILES string of the molecule is CC(C)NC(=O)C[NH+](C)[C@@H](C(=O)Nc1ccc([N+](=O)[O-])cc1Cl)c1ccccc1. The molecule has 0 aliphatic heterocycles. The van der Waals surface area contributed by atoms with Gasteiger partial charge in [-0.1, -0.05) is 41.9 Å². The van der Waals surface area contributed by atoms with Crippen LogP contribution < -0.4 is 15.5 Å². The standard InChI is InChI=1S/C20H23ClN4O4/c1-13(2)22-18(26)12-24(3)19(14-7-5-4-6-8-14)20(27)23-17-10-9-15(25(28)29)11-16(17)21/h4-11,13,19H,12H2,1-3H3,(H,22,26)(H,23,27)/p+1/t19-/m1/s1. The maximum Gasteiger partial charge on any atom is 0.287 e. The van der Waals surface area contributed by atoms with Gasteiger partial charge in [-0.3, -0.25) is 19.7 Å². The summed E-state index contributed by atoms with van der Waals surface area (Å²) in [7, 11) is 1.76. The second-order valence-electron chi connectivity index (χ2n) is 7.00. The third-order valence-corrected chi connectivity index (χ3v) is 4.51. The number of amides is 2. The van der Waals surface area contributed by atoms with E-state index in [2.05, 4.69) is 10.6 Å². The van der Waals surface area contributed by atoms with Gasteiger partial charge in [-0.05, 0) is 19.9 Å². The van der Waals surface area contributed by atoms with Crippen molar-refractivity contribution in [2.45, 2.75) is 25.9 Å². The molecule has 154 valence electrons. The Morgan fingerprint density at radius 2 is 1.83 bits per heavy atom. The lowest BCUT2D eigenvalue weighted by atomic mass is 10.0. The number of anilines is 1. The summed E-state index contributed by atoms with van der Waals surface area (Å²) in [6, 6.07) is 12.3. The number of carbonyl (C=O) groups excluding carboxylic acids is 2. The van der Waals surface area contributed by atoms with Crippen LogP contribution in [0.4, 0.5) is 11.4 Å². The zero-order valence-corrected chi connectivity index (χ0v) is 17.2. The van der Waals surface area contributed by atoms with E-state index in [-0.39, 0.29) is 40.8 Å². The predicted molar refractivity (Wildman–Crippen MR) is 111 cm³/mol. The Balaban J connectivity index is 2.26. The van der Waals surface area contributed by atoms with E-state index in [4.69, 9.17) is 11.6 Å². The number of hydrogen-bond donors (Lipinski definition) is 3. The summed E-state index contributed by atoms with van der Waals surface area (Å²) in [5, 5.41) is 16.5. The van der Waals surface area contributed by atoms with Crippen molar-refractivity contribution in [3.8, 4) is 0 Å². The van der Waals surface area contributed by atoms with E-state index >= 15 is 0 Å². The molecule has 2 amide bonds. The highest BCUT2D eigenvalue weighted by atomic mass is 35.5. The van der Waals surface area contributed by atoms with Crippen LogP contribution in [0.1, 0.15) is 25.5 Å². The highest BCUT2D eigenvalue weighted by Gasteiger charge is 2.31. The number of rotatable bonds is 8. The Kier molecular flexibility index (Phi) is 7.69. The van der Waals surface area contributed by atoms with E-state index in [1.807, 2.05) is 44.2 Å². The molecule has 0 radical (unpaired) electrons. The minimum absolute atomic E-state index is 0.00165. The fourth-order valence-corrected chi connectivity index (χ4v) is 3.18. The number of likely N-dealkylation sites (N-methyl/N-ethyl adjacent to an activating group) is 1. The van der Waals surface area contributed by atoms with Gasteiger partial charge in [0.25, 0.3) is 17.5 Å². The molecule has 0 aromatic heterocycles. The molecule has 8 nitrogen and oxygen atoms in total. The second-order valence-corrected chi connectivity index (χ2v) is 7.41. The van der Waals surface area contributed by atoms with Crippen LogP contribution in [0.3, 0.4) is 0 Å². The Bertz CT molecular complexity index is 889. The number of quaternary nitrogens is 1. The number of non-ortho nitro benzene ring substituents is 1. The van der Waals surface area contributed by atoms with Gasteiger partial charge >= 0.3 is 0 Å². The van der Waals surface area contributed by atoms with Crippen LogP contribution in [0.5, 0.6) is 0 Å². The minimum Gasteiger partial charge on any atom is -0.349 e. The van der Waals surface area contributed by atoms with Gasteiger partial charge in [-0.25, -0.2) is 0 Å². The molecule has 0 bridgehead atoms. The highest BCUT2D eigenvalue weighted by Crippen LogP contribution is 2.27. The first kappa shape index (κ1) is 22.3. The van der Waals surface area contributed by atoms with Crippen LogP contribution in [0.15, 0.2) is 48.5 Å². The molecule has 2 aromatic rings. The summed E-state index contributed by atoms with van der Waals surface area (Å²) in [6.07, 6.45) is 0. The summed E-state index contributed by atoms with van der Waals surface area (Å²) in [5.74, 6) is -0.540. The van der Waals surface area contributed by atoms with Crippen molar-refractivity contribution in [3.63, 3.8) is 0 Å². The molecule has 0 heterocycles. The molecule has 29 heavy (non-hydrogen) atoms. The molecule has 2 aromatic carbocycles. The van der Waals surface area contributed by atoms with Gasteiger partial charge in [0.1, 0.15) is 0 Å². The van der Waals surface area contributed by atoms with Crippen molar-refractivity contribution < 1.29 is 19.4 Å². The molecular weight excluding hydrogens is 396 g/mol. The average Bonchev–Trinajstić information content (AvgIpc) is 2.63. The molecule has 0 saturated carbocycles. The van der Waals surface area contributed by atoms with Crippen molar-refractivity contribution >= 4 is 34.8 Å². The number of hydrogen-bond acceptors (Lipinski definition) is 4. The first-order valence-corrected chi connectivity index (χ1v) is 9.48. The van der Waals surface area contributed by atoms with Crippen LogP contribution in [0, 0.1) is 10.1 Å². The van der Waals surface area contributed by atoms with Gasteiger partial charge in [0, 0.05) is 23.7 Å². The summed E-state index contributed by atoms with van der Waals surface area (Å²) < 4.78 is 0.